The Balaban J connectivity index is 1.64. The van der Waals surface area contributed by atoms with E-state index in [1.54, 1.807) is 14.2 Å². The third kappa shape index (κ3) is 3.82. The summed E-state index contributed by atoms with van der Waals surface area (Å²) in [4.78, 5) is 15.7. The molecule has 2 aromatic carbocycles. The molecule has 1 amide bonds. The van der Waals surface area contributed by atoms with Crippen LogP contribution in [0.5, 0.6) is 11.5 Å². The van der Waals surface area contributed by atoms with E-state index in [1.807, 2.05) is 49.5 Å². The van der Waals surface area contributed by atoms with Gasteiger partial charge in [0.1, 0.15) is 11.5 Å². The van der Waals surface area contributed by atoms with E-state index in [-0.39, 0.29) is 11.9 Å². The number of hydrogen-bond acceptors (Lipinski definition) is 3. The molecule has 3 aromatic rings. The van der Waals surface area contributed by atoms with Gasteiger partial charge in [0.15, 0.2) is 0 Å². The van der Waals surface area contributed by atoms with E-state index in [0.717, 1.165) is 28.1 Å². The Hall–Kier alpha value is -2.95. The highest BCUT2D eigenvalue weighted by Gasteiger charge is 2.15. The van der Waals surface area contributed by atoms with Crippen molar-refractivity contribution in [2.24, 2.45) is 0 Å². The number of carbonyl (C=O) groups is 1. The van der Waals surface area contributed by atoms with Crippen LogP contribution in [0.2, 0.25) is 0 Å². The number of H-pyrrole nitrogens is 1. The van der Waals surface area contributed by atoms with Gasteiger partial charge in [0.25, 0.3) is 0 Å². The number of fused-ring (bicyclic) bond motifs is 1. The molecule has 0 spiro atoms. The molecule has 0 bridgehead atoms. The Labute approximate surface area is 153 Å². The van der Waals surface area contributed by atoms with Gasteiger partial charge in [-0.1, -0.05) is 18.2 Å². The number of aromatic amines is 1. The summed E-state index contributed by atoms with van der Waals surface area (Å²) in [6.07, 6.45) is 3.10. The quantitative estimate of drug-likeness (QED) is 0.676. The lowest BCUT2D eigenvalue weighted by molar-refractivity contribution is -0.121. The Morgan fingerprint density at radius 1 is 1.15 bits per heavy atom. The van der Waals surface area contributed by atoms with Crippen LogP contribution in [-0.4, -0.2) is 25.1 Å². The average Bonchev–Trinajstić information content (AvgIpc) is 3.09. The highest BCUT2D eigenvalue weighted by atomic mass is 16.5. The van der Waals surface area contributed by atoms with E-state index >= 15 is 0 Å². The molecule has 5 heteroatoms. The molecule has 3 rings (SSSR count). The van der Waals surface area contributed by atoms with E-state index in [0.29, 0.717) is 12.8 Å². The van der Waals surface area contributed by atoms with Crippen molar-refractivity contribution in [3.05, 3.63) is 59.8 Å². The van der Waals surface area contributed by atoms with Crippen molar-refractivity contribution in [3.63, 3.8) is 0 Å². The minimum atomic E-state index is -0.171. The molecular formula is C21H24N2O3. The number of aryl methyl sites for hydroxylation is 1. The van der Waals surface area contributed by atoms with Crippen LogP contribution in [0.15, 0.2) is 48.7 Å². The fourth-order valence-corrected chi connectivity index (χ4v) is 3.16. The molecule has 0 unspecified atom stereocenters. The summed E-state index contributed by atoms with van der Waals surface area (Å²) in [6.45, 7) is 1.95. The monoisotopic (exact) mass is 352 g/mol. The molecule has 0 saturated heterocycles. The van der Waals surface area contributed by atoms with Gasteiger partial charge in [-0.3, -0.25) is 4.79 Å². The normalized spacial score (nSPS) is 12.0. The van der Waals surface area contributed by atoms with Gasteiger partial charge in [-0.05, 0) is 43.2 Å². The van der Waals surface area contributed by atoms with Crippen LogP contribution in [0, 0.1) is 0 Å². The smallest absolute Gasteiger partial charge is 0.220 e. The van der Waals surface area contributed by atoms with Gasteiger partial charge in [-0.15, -0.1) is 0 Å². The van der Waals surface area contributed by atoms with Gasteiger partial charge in [-0.25, -0.2) is 0 Å². The molecule has 0 aliphatic carbocycles. The van der Waals surface area contributed by atoms with Crippen LogP contribution >= 0.6 is 0 Å². The van der Waals surface area contributed by atoms with Crippen molar-refractivity contribution in [1.82, 2.24) is 10.3 Å². The first-order valence-electron chi connectivity index (χ1n) is 8.68. The van der Waals surface area contributed by atoms with Crippen LogP contribution in [0.3, 0.4) is 0 Å². The Bertz CT molecular complexity index is 901. The number of benzene rings is 2. The fourth-order valence-electron chi connectivity index (χ4n) is 3.16. The number of hydrogen-bond donors (Lipinski definition) is 2. The highest BCUT2D eigenvalue weighted by molar-refractivity contribution is 5.84. The number of amides is 1. The number of aromatic nitrogens is 1. The predicted octanol–water partition coefficient (Wildman–Crippen LogP) is 4.00. The first-order valence-corrected chi connectivity index (χ1v) is 8.68. The number of ether oxygens (including phenoxy) is 2. The first-order chi connectivity index (χ1) is 12.6. The maximum absolute atomic E-state index is 12.4. The molecule has 1 atom stereocenters. The van der Waals surface area contributed by atoms with Crippen molar-refractivity contribution < 1.29 is 14.3 Å². The van der Waals surface area contributed by atoms with E-state index in [4.69, 9.17) is 9.47 Å². The molecule has 136 valence electrons. The second kappa shape index (κ2) is 7.95. The Morgan fingerprint density at radius 3 is 2.73 bits per heavy atom. The minimum Gasteiger partial charge on any atom is -0.497 e. The Kier molecular flexibility index (Phi) is 5.46. The lowest BCUT2D eigenvalue weighted by Crippen LogP contribution is -2.27. The van der Waals surface area contributed by atoms with Gasteiger partial charge in [0.2, 0.25) is 5.91 Å². The van der Waals surface area contributed by atoms with Crippen molar-refractivity contribution in [1.29, 1.82) is 0 Å². The van der Waals surface area contributed by atoms with Crippen LogP contribution in [0.4, 0.5) is 0 Å². The SMILES string of the molecule is COc1ccc(OC)c([C@H](C)NC(=O)CCc2c[nH]c3ccccc23)c1. The van der Waals surface area contributed by atoms with Crippen molar-refractivity contribution in [3.8, 4) is 11.5 Å². The molecular weight excluding hydrogens is 328 g/mol. The lowest BCUT2D eigenvalue weighted by atomic mass is 10.1. The van der Waals surface area contributed by atoms with Crippen LogP contribution in [-0.2, 0) is 11.2 Å². The first kappa shape index (κ1) is 17.9. The maximum atomic E-state index is 12.4. The summed E-state index contributed by atoms with van der Waals surface area (Å²) in [7, 11) is 3.24. The fraction of sp³-hybridized carbons (Fsp3) is 0.286. The van der Waals surface area contributed by atoms with Crippen molar-refractivity contribution in [2.75, 3.05) is 14.2 Å². The average molecular weight is 352 g/mol. The van der Waals surface area contributed by atoms with Gasteiger partial charge >= 0.3 is 0 Å². The van der Waals surface area contributed by atoms with Gasteiger partial charge < -0.3 is 19.8 Å². The molecule has 26 heavy (non-hydrogen) atoms. The zero-order valence-electron chi connectivity index (χ0n) is 15.3. The van der Waals surface area contributed by atoms with E-state index in [1.165, 1.54) is 5.39 Å². The van der Waals surface area contributed by atoms with Gasteiger partial charge in [0.05, 0.1) is 20.3 Å². The number of para-hydroxylation sites is 1. The minimum absolute atomic E-state index is 0.00709. The molecule has 0 aliphatic heterocycles. The molecule has 1 heterocycles. The topological polar surface area (TPSA) is 63.4 Å². The number of carbonyl (C=O) groups excluding carboxylic acids is 1. The van der Waals surface area contributed by atoms with E-state index in [9.17, 15) is 4.79 Å². The van der Waals surface area contributed by atoms with E-state index in [2.05, 4.69) is 16.4 Å². The Morgan fingerprint density at radius 2 is 1.96 bits per heavy atom. The third-order valence-electron chi connectivity index (χ3n) is 4.58. The second-order valence-electron chi connectivity index (χ2n) is 6.26. The molecule has 0 fully saturated rings. The summed E-state index contributed by atoms with van der Waals surface area (Å²) in [5.74, 6) is 1.48. The number of rotatable bonds is 7. The van der Waals surface area contributed by atoms with Crippen LogP contribution in [0.1, 0.15) is 30.5 Å². The molecule has 5 nitrogen and oxygen atoms in total. The second-order valence-corrected chi connectivity index (χ2v) is 6.26. The highest BCUT2D eigenvalue weighted by Crippen LogP contribution is 2.29. The molecule has 0 aliphatic rings. The molecule has 2 N–H and O–H groups in total. The van der Waals surface area contributed by atoms with Crippen molar-refractivity contribution >= 4 is 16.8 Å². The maximum Gasteiger partial charge on any atom is 0.220 e. The van der Waals surface area contributed by atoms with Gasteiger partial charge in [0, 0.05) is 29.1 Å². The van der Waals surface area contributed by atoms with Crippen LogP contribution < -0.4 is 14.8 Å². The van der Waals surface area contributed by atoms with Gasteiger partial charge in [-0.2, -0.15) is 0 Å². The van der Waals surface area contributed by atoms with Crippen LogP contribution in [0.25, 0.3) is 10.9 Å². The lowest BCUT2D eigenvalue weighted by Gasteiger charge is -2.18. The predicted molar refractivity (Wildman–Crippen MR) is 103 cm³/mol. The molecule has 1 aromatic heterocycles. The molecule has 0 radical (unpaired) electrons. The summed E-state index contributed by atoms with van der Waals surface area (Å²) in [6, 6.07) is 13.5. The van der Waals surface area contributed by atoms with Crippen molar-refractivity contribution in [2.45, 2.75) is 25.8 Å². The zero-order valence-corrected chi connectivity index (χ0v) is 15.3. The largest absolute Gasteiger partial charge is 0.497 e. The summed E-state index contributed by atoms with van der Waals surface area (Å²) < 4.78 is 10.7. The summed E-state index contributed by atoms with van der Waals surface area (Å²) >= 11 is 0. The third-order valence-corrected chi connectivity index (χ3v) is 4.58. The zero-order chi connectivity index (χ0) is 18.5. The number of methoxy groups -OCH3 is 2. The summed E-state index contributed by atoms with van der Waals surface area (Å²) in [5, 5.41) is 4.22. The number of nitrogens with one attached hydrogen (secondary N) is 2. The summed E-state index contributed by atoms with van der Waals surface area (Å²) in [5.41, 5.74) is 3.15. The van der Waals surface area contributed by atoms with E-state index < -0.39 is 0 Å². The standard InChI is InChI=1S/C21H24N2O3/c1-14(18-12-16(25-2)9-10-20(18)26-3)23-21(24)11-8-15-13-22-19-7-5-4-6-17(15)19/h4-7,9-10,12-14,22H,8,11H2,1-3H3,(H,23,24)/t14-/m0/s1. The molecule has 0 saturated carbocycles.